The molecular formula is C57H98NO7P. The predicted molar refractivity (Wildman–Crippen MR) is 284 cm³/mol. The summed E-state index contributed by atoms with van der Waals surface area (Å²) < 4.78 is 33.6. The first-order valence-corrected chi connectivity index (χ1v) is 27.9. The summed E-state index contributed by atoms with van der Waals surface area (Å²) in [6, 6.07) is 0. The maximum absolute atomic E-state index is 12.7. The van der Waals surface area contributed by atoms with Crippen LogP contribution >= 0.6 is 7.82 Å². The molecule has 0 radical (unpaired) electrons. The quantitative estimate of drug-likeness (QED) is 0.0268. The maximum Gasteiger partial charge on any atom is 0.472 e. The highest BCUT2D eigenvalue weighted by molar-refractivity contribution is 7.47. The summed E-state index contributed by atoms with van der Waals surface area (Å²) >= 11 is 0. The van der Waals surface area contributed by atoms with Crippen LogP contribution in [0.5, 0.6) is 0 Å². The summed E-state index contributed by atoms with van der Waals surface area (Å²) in [7, 11) is -4.30. The summed E-state index contributed by atoms with van der Waals surface area (Å²) in [6.07, 6.45) is 72.6. The lowest BCUT2D eigenvalue weighted by Gasteiger charge is -2.20. The van der Waals surface area contributed by atoms with Crippen LogP contribution in [-0.4, -0.2) is 49.9 Å². The molecule has 0 saturated heterocycles. The molecule has 0 aliphatic rings. The van der Waals surface area contributed by atoms with Crippen LogP contribution in [0.1, 0.15) is 206 Å². The highest BCUT2D eigenvalue weighted by Gasteiger charge is 2.25. The lowest BCUT2D eigenvalue weighted by Crippen LogP contribution is -2.28. The average Bonchev–Trinajstić information content (AvgIpc) is 3.31. The van der Waals surface area contributed by atoms with Crippen molar-refractivity contribution in [2.75, 3.05) is 33.0 Å². The predicted octanol–water partition coefficient (Wildman–Crippen LogP) is 16.8. The van der Waals surface area contributed by atoms with E-state index >= 15 is 0 Å². The Labute approximate surface area is 405 Å². The molecule has 0 aromatic rings. The molecule has 9 heteroatoms. The molecule has 0 aliphatic heterocycles. The Morgan fingerprint density at radius 3 is 1.27 bits per heavy atom. The topological polar surface area (TPSA) is 117 Å². The van der Waals surface area contributed by atoms with E-state index in [1.54, 1.807) is 0 Å². The Bertz CT molecular complexity index is 1380. The molecule has 66 heavy (non-hydrogen) atoms. The van der Waals surface area contributed by atoms with Crippen molar-refractivity contribution in [3.05, 3.63) is 109 Å². The van der Waals surface area contributed by atoms with Crippen LogP contribution in [-0.2, 0) is 27.9 Å². The molecule has 0 saturated carbocycles. The molecule has 0 fully saturated rings. The van der Waals surface area contributed by atoms with Gasteiger partial charge in [-0.3, -0.25) is 13.8 Å². The normalized spacial score (nSPS) is 14.2. The Hall–Kier alpha value is -2.84. The molecular weight excluding hydrogens is 842 g/mol. The van der Waals surface area contributed by atoms with E-state index in [0.717, 1.165) is 109 Å². The fourth-order valence-electron chi connectivity index (χ4n) is 6.83. The van der Waals surface area contributed by atoms with Crippen LogP contribution < -0.4 is 5.73 Å². The van der Waals surface area contributed by atoms with Gasteiger partial charge in [0.1, 0.15) is 6.10 Å². The van der Waals surface area contributed by atoms with Gasteiger partial charge in [0.15, 0.2) is 0 Å². The van der Waals surface area contributed by atoms with Gasteiger partial charge in [-0.2, -0.15) is 0 Å². The first-order chi connectivity index (χ1) is 32.4. The second kappa shape index (κ2) is 53.1. The highest BCUT2D eigenvalue weighted by atomic mass is 31.2. The lowest BCUT2D eigenvalue weighted by atomic mass is 10.1. The smallest absolute Gasteiger partial charge is 0.457 e. The highest BCUT2D eigenvalue weighted by Crippen LogP contribution is 2.43. The van der Waals surface area contributed by atoms with Crippen molar-refractivity contribution in [3.8, 4) is 0 Å². The average molecular weight is 940 g/mol. The molecule has 0 aromatic carbocycles. The molecule has 3 N–H and O–H groups in total. The van der Waals surface area contributed by atoms with Crippen molar-refractivity contribution in [3.63, 3.8) is 0 Å². The summed E-state index contributed by atoms with van der Waals surface area (Å²) in [5.74, 6) is -0.350. The van der Waals surface area contributed by atoms with Crippen molar-refractivity contribution >= 4 is 13.8 Å². The molecule has 378 valence electrons. The third kappa shape index (κ3) is 52.1. The van der Waals surface area contributed by atoms with Crippen LogP contribution in [0.2, 0.25) is 0 Å². The summed E-state index contributed by atoms with van der Waals surface area (Å²) in [5.41, 5.74) is 5.39. The molecule has 0 amide bonds. The van der Waals surface area contributed by atoms with Crippen LogP contribution in [0, 0.1) is 0 Å². The number of phosphoric ester groups is 1. The Morgan fingerprint density at radius 1 is 0.470 bits per heavy atom. The van der Waals surface area contributed by atoms with Gasteiger partial charge in [0.05, 0.1) is 19.8 Å². The van der Waals surface area contributed by atoms with E-state index in [4.69, 9.17) is 24.3 Å². The first kappa shape index (κ1) is 63.2. The third-order valence-corrected chi connectivity index (χ3v) is 11.7. The van der Waals surface area contributed by atoms with Gasteiger partial charge in [-0.15, -0.1) is 0 Å². The van der Waals surface area contributed by atoms with Gasteiger partial charge in [-0.25, -0.2) is 4.57 Å². The monoisotopic (exact) mass is 940 g/mol. The van der Waals surface area contributed by atoms with Gasteiger partial charge in [0, 0.05) is 19.6 Å². The van der Waals surface area contributed by atoms with E-state index < -0.39 is 13.9 Å². The number of hydrogen-bond acceptors (Lipinski definition) is 7. The van der Waals surface area contributed by atoms with Crippen molar-refractivity contribution in [2.24, 2.45) is 5.73 Å². The number of carbonyl (C=O) groups is 1. The van der Waals surface area contributed by atoms with Crippen molar-refractivity contribution < 1.29 is 32.8 Å². The molecule has 0 spiro atoms. The van der Waals surface area contributed by atoms with Crippen LogP contribution in [0.3, 0.4) is 0 Å². The Balaban J connectivity index is 4.03. The van der Waals surface area contributed by atoms with Gasteiger partial charge < -0.3 is 20.1 Å². The third-order valence-electron chi connectivity index (χ3n) is 10.7. The largest absolute Gasteiger partial charge is 0.472 e. The maximum atomic E-state index is 12.7. The zero-order valence-corrected chi connectivity index (χ0v) is 43.0. The summed E-state index contributed by atoms with van der Waals surface area (Å²) in [5, 5.41) is 0. The molecule has 2 atom stereocenters. The molecule has 2 unspecified atom stereocenters. The summed E-state index contributed by atoms with van der Waals surface area (Å²) in [4.78, 5) is 22.6. The van der Waals surface area contributed by atoms with Gasteiger partial charge in [0.2, 0.25) is 0 Å². The van der Waals surface area contributed by atoms with E-state index in [9.17, 15) is 14.3 Å². The molecule has 0 rings (SSSR count). The summed E-state index contributed by atoms with van der Waals surface area (Å²) in [6.45, 7) is 4.74. The zero-order valence-electron chi connectivity index (χ0n) is 42.1. The Kier molecular flexibility index (Phi) is 50.8. The fourth-order valence-corrected chi connectivity index (χ4v) is 7.60. The minimum Gasteiger partial charge on any atom is -0.457 e. The molecule has 0 aliphatic carbocycles. The number of carbonyl (C=O) groups excluding carboxylic acids is 1. The number of allylic oxidation sites excluding steroid dienone is 18. The molecule has 0 bridgehead atoms. The minimum absolute atomic E-state index is 0.0897. The van der Waals surface area contributed by atoms with Crippen LogP contribution in [0.4, 0.5) is 0 Å². The van der Waals surface area contributed by atoms with E-state index in [-0.39, 0.29) is 32.3 Å². The Morgan fingerprint density at radius 2 is 0.848 bits per heavy atom. The second-order valence-electron chi connectivity index (χ2n) is 17.0. The second-order valence-corrected chi connectivity index (χ2v) is 18.5. The van der Waals surface area contributed by atoms with E-state index in [2.05, 4.69) is 123 Å². The van der Waals surface area contributed by atoms with Crippen molar-refractivity contribution in [1.82, 2.24) is 0 Å². The minimum atomic E-state index is -4.30. The van der Waals surface area contributed by atoms with Gasteiger partial charge in [-0.05, 0) is 103 Å². The number of phosphoric acid groups is 1. The number of rotatable bonds is 49. The molecule has 8 nitrogen and oxygen atoms in total. The molecule has 0 aromatic heterocycles. The standard InChI is InChI=1S/C57H98NO7P/c1-3-5-7-9-11-13-15-17-19-21-23-25-26-27-28-29-31-33-35-37-39-41-43-45-47-49-52-62-54-56(55-64-66(60,61)63-53-51-58)65-57(59)50-48-46-44-42-40-38-36-34-32-30-24-22-20-18-16-14-12-10-8-6-4-2/h5,7,11,13,16-19,22-25,27-28,31-34,56H,3-4,6,8-10,12,14-15,20-21,26,29-30,35-55,58H2,1-2H3,(H,60,61)/b7-5-,13-11-,18-16-,19-17-,24-22-,25-23-,28-27-,33-31-,34-32-. The number of ether oxygens (including phenoxy) is 2. The van der Waals surface area contributed by atoms with Crippen molar-refractivity contribution in [1.29, 1.82) is 0 Å². The number of esters is 1. The molecule has 0 heterocycles. The van der Waals surface area contributed by atoms with Gasteiger partial charge in [0.25, 0.3) is 0 Å². The zero-order chi connectivity index (χ0) is 48.0. The fraction of sp³-hybridized carbons (Fsp3) is 0.667. The first-order valence-electron chi connectivity index (χ1n) is 26.4. The van der Waals surface area contributed by atoms with E-state index in [1.807, 2.05) is 0 Å². The number of hydrogen-bond donors (Lipinski definition) is 2. The SMILES string of the molecule is CC/C=C\C/C=C\C/C=C\C/C=C\C/C=C\C/C=C\CCCCCCCCCOCC(COP(=O)(O)OCCN)OC(=O)CCCCCCCC/C=C\C/C=C\C/C=C\CCCCCCC. The van der Waals surface area contributed by atoms with E-state index in [0.29, 0.717) is 13.0 Å². The lowest BCUT2D eigenvalue weighted by molar-refractivity contribution is -0.154. The van der Waals surface area contributed by atoms with Gasteiger partial charge in [-0.1, -0.05) is 207 Å². The number of nitrogens with two attached hydrogens (primary N) is 1. The van der Waals surface area contributed by atoms with Crippen molar-refractivity contribution in [2.45, 2.75) is 213 Å². The van der Waals surface area contributed by atoms with Crippen LogP contribution in [0.25, 0.3) is 0 Å². The van der Waals surface area contributed by atoms with Crippen LogP contribution in [0.15, 0.2) is 109 Å². The van der Waals surface area contributed by atoms with Gasteiger partial charge >= 0.3 is 13.8 Å². The van der Waals surface area contributed by atoms with E-state index in [1.165, 1.54) is 77.0 Å². The number of unbranched alkanes of at least 4 members (excludes halogenated alkanes) is 18.